The van der Waals surface area contributed by atoms with Crippen molar-refractivity contribution < 1.29 is 19.4 Å². The highest BCUT2D eigenvalue weighted by atomic mass is 32.1. The zero-order valence-electron chi connectivity index (χ0n) is 19.2. The molecule has 1 aromatic heterocycles. The number of carboxylic acid groups (broad SMARTS) is 1. The number of carbonyl (C=O) groups is 2. The fraction of sp³-hybridized carbons (Fsp3) is 0.320. The molecule has 0 spiro atoms. The average Bonchev–Trinajstić information content (AvgIpc) is 3.31. The van der Waals surface area contributed by atoms with Gasteiger partial charge < -0.3 is 20.1 Å². The van der Waals surface area contributed by atoms with E-state index in [1.807, 2.05) is 41.8 Å². The molecule has 33 heavy (non-hydrogen) atoms. The van der Waals surface area contributed by atoms with E-state index in [0.29, 0.717) is 12.1 Å². The van der Waals surface area contributed by atoms with Crippen LogP contribution in [-0.2, 0) is 11.3 Å². The molecular weight excluding hydrogens is 438 g/mol. The number of aliphatic carboxylic acids is 1. The highest BCUT2D eigenvalue weighted by Gasteiger charge is 2.24. The van der Waals surface area contributed by atoms with E-state index in [2.05, 4.69) is 17.1 Å². The highest BCUT2D eigenvalue weighted by molar-refractivity contribution is 7.14. The number of carbonyl (C=O) groups excluding carboxylic acids is 1. The standard InChI is InChI=1S/C25H29N3O4S/c1-5-28(25-26-21(15-33-25)19-7-6-8-20(13-19)32-4)14-17-9-11-18(12-10-17)23(29)27-22(16(2)3)24(30)31/h6-13,15-16,22H,5,14H2,1-4H3,(H,27,29)(H,30,31). The summed E-state index contributed by atoms with van der Waals surface area (Å²) in [5, 5.41) is 14.8. The summed E-state index contributed by atoms with van der Waals surface area (Å²) in [7, 11) is 1.65. The third-order valence-electron chi connectivity index (χ3n) is 5.32. The molecule has 3 rings (SSSR count). The Bertz CT molecular complexity index is 1100. The second-order valence-electron chi connectivity index (χ2n) is 7.99. The summed E-state index contributed by atoms with van der Waals surface area (Å²) in [6, 6.07) is 14.1. The minimum atomic E-state index is -1.04. The molecule has 1 unspecified atom stereocenters. The molecule has 1 atom stereocenters. The molecule has 3 aromatic rings. The van der Waals surface area contributed by atoms with Gasteiger partial charge in [-0.2, -0.15) is 0 Å². The monoisotopic (exact) mass is 467 g/mol. The Morgan fingerprint density at radius 1 is 1.18 bits per heavy atom. The summed E-state index contributed by atoms with van der Waals surface area (Å²) < 4.78 is 5.31. The van der Waals surface area contributed by atoms with Gasteiger partial charge in [0.2, 0.25) is 0 Å². The van der Waals surface area contributed by atoms with E-state index in [1.165, 1.54) is 0 Å². The molecule has 0 saturated heterocycles. The van der Waals surface area contributed by atoms with Crippen molar-refractivity contribution in [3.05, 3.63) is 65.0 Å². The Hall–Kier alpha value is -3.39. The molecule has 0 aliphatic heterocycles. The molecule has 0 bridgehead atoms. The Morgan fingerprint density at radius 3 is 2.52 bits per heavy atom. The normalized spacial score (nSPS) is 11.8. The predicted molar refractivity (Wildman–Crippen MR) is 131 cm³/mol. The van der Waals surface area contributed by atoms with Crippen LogP contribution in [0.4, 0.5) is 5.13 Å². The van der Waals surface area contributed by atoms with Gasteiger partial charge in [0.25, 0.3) is 5.91 Å². The molecule has 8 heteroatoms. The number of benzene rings is 2. The van der Waals surface area contributed by atoms with Gasteiger partial charge in [0.05, 0.1) is 12.8 Å². The van der Waals surface area contributed by atoms with E-state index in [-0.39, 0.29) is 5.92 Å². The maximum absolute atomic E-state index is 12.5. The topological polar surface area (TPSA) is 91.8 Å². The summed E-state index contributed by atoms with van der Waals surface area (Å²) in [6.45, 7) is 7.03. The number of hydrogen-bond acceptors (Lipinski definition) is 6. The fourth-order valence-corrected chi connectivity index (χ4v) is 4.26. The summed E-state index contributed by atoms with van der Waals surface area (Å²) in [6.07, 6.45) is 0. The second kappa shape index (κ2) is 11.0. The number of anilines is 1. The van der Waals surface area contributed by atoms with E-state index in [4.69, 9.17) is 9.72 Å². The lowest BCUT2D eigenvalue weighted by molar-refractivity contribution is -0.140. The van der Waals surface area contributed by atoms with Crippen LogP contribution in [0.1, 0.15) is 36.7 Å². The fourth-order valence-electron chi connectivity index (χ4n) is 3.36. The molecule has 1 heterocycles. The van der Waals surface area contributed by atoms with E-state index in [0.717, 1.165) is 34.2 Å². The smallest absolute Gasteiger partial charge is 0.326 e. The maximum Gasteiger partial charge on any atom is 0.326 e. The van der Waals surface area contributed by atoms with Gasteiger partial charge in [0.15, 0.2) is 5.13 Å². The van der Waals surface area contributed by atoms with Crippen LogP contribution in [0.2, 0.25) is 0 Å². The highest BCUT2D eigenvalue weighted by Crippen LogP contribution is 2.30. The van der Waals surface area contributed by atoms with Crippen molar-refractivity contribution in [1.82, 2.24) is 10.3 Å². The number of amides is 1. The Kier molecular flexibility index (Phi) is 8.06. The van der Waals surface area contributed by atoms with Crippen LogP contribution < -0.4 is 15.0 Å². The quantitative estimate of drug-likeness (QED) is 0.450. The molecule has 1 amide bonds. The van der Waals surface area contributed by atoms with Crippen LogP contribution in [0.5, 0.6) is 5.75 Å². The van der Waals surface area contributed by atoms with Gasteiger partial charge in [0, 0.05) is 29.6 Å². The number of hydrogen-bond donors (Lipinski definition) is 2. The lowest BCUT2D eigenvalue weighted by Gasteiger charge is -2.20. The molecule has 0 radical (unpaired) electrons. The molecule has 0 fully saturated rings. The Labute approximate surface area is 198 Å². The van der Waals surface area contributed by atoms with Crippen molar-refractivity contribution in [2.75, 3.05) is 18.6 Å². The van der Waals surface area contributed by atoms with Gasteiger partial charge in [-0.25, -0.2) is 9.78 Å². The number of thiazole rings is 1. The molecule has 2 aromatic carbocycles. The first kappa shape index (κ1) is 24.3. The number of aromatic nitrogens is 1. The van der Waals surface area contributed by atoms with Gasteiger partial charge in [-0.3, -0.25) is 4.79 Å². The van der Waals surface area contributed by atoms with Crippen molar-refractivity contribution in [3.8, 4) is 17.0 Å². The largest absolute Gasteiger partial charge is 0.497 e. The van der Waals surface area contributed by atoms with Gasteiger partial charge in [-0.1, -0.05) is 38.1 Å². The van der Waals surface area contributed by atoms with Crippen molar-refractivity contribution in [2.24, 2.45) is 5.92 Å². The number of nitrogens with one attached hydrogen (secondary N) is 1. The van der Waals surface area contributed by atoms with Crippen LogP contribution in [0.3, 0.4) is 0 Å². The van der Waals surface area contributed by atoms with Crippen molar-refractivity contribution in [1.29, 1.82) is 0 Å². The molecule has 0 aliphatic carbocycles. The van der Waals surface area contributed by atoms with Crippen molar-refractivity contribution in [3.63, 3.8) is 0 Å². The number of rotatable bonds is 10. The van der Waals surface area contributed by atoms with E-state index >= 15 is 0 Å². The van der Waals surface area contributed by atoms with Gasteiger partial charge in [-0.15, -0.1) is 11.3 Å². The first-order valence-corrected chi connectivity index (χ1v) is 11.7. The van der Waals surface area contributed by atoms with Crippen LogP contribution in [0, 0.1) is 5.92 Å². The molecule has 0 aliphatic rings. The van der Waals surface area contributed by atoms with Crippen LogP contribution in [0.25, 0.3) is 11.3 Å². The number of carboxylic acids is 1. The summed E-state index contributed by atoms with van der Waals surface area (Å²) in [5.74, 6) is -0.839. The number of methoxy groups -OCH3 is 1. The van der Waals surface area contributed by atoms with E-state index in [9.17, 15) is 14.7 Å². The van der Waals surface area contributed by atoms with Crippen LogP contribution in [-0.4, -0.2) is 41.7 Å². The van der Waals surface area contributed by atoms with Crippen LogP contribution in [0.15, 0.2) is 53.9 Å². The van der Waals surface area contributed by atoms with Gasteiger partial charge >= 0.3 is 5.97 Å². The first-order valence-electron chi connectivity index (χ1n) is 10.8. The molecule has 2 N–H and O–H groups in total. The number of nitrogens with zero attached hydrogens (tertiary/aromatic N) is 2. The molecule has 0 saturated carbocycles. The minimum absolute atomic E-state index is 0.205. The summed E-state index contributed by atoms with van der Waals surface area (Å²) >= 11 is 1.58. The van der Waals surface area contributed by atoms with Crippen molar-refractivity contribution in [2.45, 2.75) is 33.4 Å². The van der Waals surface area contributed by atoms with Gasteiger partial charge in [-0.05, 0) is 42.7 Å². The average molecular weight is 468 g/mol. The summed E-state index contributed by atoms with van der Waals surface area (Å²) in [4.78, 5) is 30.8. The van der Waals surface area contributed by atoms with Gasteiger partial charge in [0.1, 0.15) is 11.8 Å². The second-order valence-corrected chi connectivity index (χ2v) is 8.83. The molecular formula is C25H29N3O4S. The lowest BCUT2D eigenvalue weighted by Crippen LogP contribution is -2.44. The third-order valence-corrected chi connectivity index (χ3v) is 6.22. The first-order chi connectivity index (χ1) is 15.8. The van der Waals surface area contributed by atoms with Crippen LogP contribution >= 0.6 is 11.3 Å². The predicted octanol–water partition coefficient (Wildman–Crippen LogP) is 4.68. The van der Waals surface area contributed by atoms with Crippen molar-refractivity contribution >= 4 is 28.3 Å². The summed E-state index contributed by atoms with van der Waals surface area (Å²) in [5.41, 5.74) is 3.37. The Morgan fingerprint density at radius 2 is 1.91 bits per heavy atom. The SMILES string of the molecule is CCN(Cc1ccc(C(=O)NC(C(=O)O)C(C)C)cc1)c1nc(-c2cccc(OC)c2)cs1. The Balaban J connectivity index is 1.69. The molecule has 174 valence electrons. The third kappa shape index (κ3) is 6.10. The lowest BCUT2D eigenvalue weighted by atomic mass is 10.0. The number of ether oxygens (including phenoxy) is 1. The zero-order valence-corrected chi connectivity index (χ0v) is 20.1. The zero-order chi connectivity index (χ0) is 24.0. The van der Waals surface area contributed by atoms with E-state index < -0.39 is 17.9 Å². The minimum Gasteiger partial charge on any atom is -0.497 e. The molecule has 7 nitrogen and oxygen atoms in total. The maximum atomic E-state index is 12.5. The van der Waals surface area contributed by atoms with E-state index in [1.54, 1.807) is 44.4 Å².